The van der Waals surface area contributed by atoms with Crippen LogP contribution >= 0.6 is 0 Å². The van der Waals surface area contributed by atoms with Crippen LogP contribution in [-0.4, -0.2) is 57.0 Å². The number of esters is 1. The van der Waals surface area contributed by atoms with Crippen LogP contribution < -0.4 is 0 Å². The van der Waals surface area contributed by atoms with Crippen molar-refractivity contribution in [1.29, 1.82) is 0 Å². The summed E-state index contributed by atoms with van der Waals surface area (Å²) in [6.45, 7) is 12.6. The van der Waals surface area contributed by atoms with E-state index in [-0.39, 0.29) is 25.0 Å². The van der Waals surface area contributed by atoms with Crippen molar-refractivity contribution in [2.75, 3.05) is 13.2 Å². The standard InChI is InChI=1S/C41H49N3O6/c1-8-48-35(45)40(27-33(40)25-18-26-44(36(46)49-38(2,3)4)37(47)50-39(5,6)7)34-28-43(29-42-34)41(30-19-12-9-13-20-30,31-21-14-10-15-22-31)32-23-16-11-17-24-32/h9-17,19-24,28-29,33H,8,18,25-27H2,1-7H3. The topological polar surface area (TPSA) is 100.0 Å². The van der Waals surface area contributed by atoms with Crippen LogP contribution in [0.25, 0.3) is 0 Å². The Bertz CT molecular complexity index is 1630. The van der Waals surface area contributed by atoms with Gasteiger partial charge in [-0.25, -0.2) is 19.5 Å². The summed E-state index contributed by atoms with van der Waals surface area (Å²) in [5, 5.41) is 0. The summed E-state index contributed by atoms with van der Waals surface area (Å²) in [6, 6.07) is 30.9. The Kier molecular flexibility index (Phi) is 10.6. The molecule has 0 bridgehead atoms. The Labute approximate surface area is 295 Å². The molecule has 2 unspecified atom stereocenters. The molecule has 1 aromatic heterocycles. The van der Waals surface area contributed by atoms with Gasteiger partial charge in [0.25, 0.3) is 0 Å². The number of carbonyl (C=O) groups excluding carboxylic acids is 3. The van der Waals surface area contributed by atoms with E-state index >= 15 is 0 Å². The largest absolute Gasteiger partial charge is 0.465 e. The third-order valence-electron chi connectivity index (χ3n) is 8.91. The van der Waals surface area contributed by atoms with Crippen LogP contribution in [0.1, 0.15) is 90.1 Å². The van der Waals surface area contributed by atoms with E-state index in [4.69, 9.17) is 19.2 Å². The van der Waals surface area contributed by atoms with Gasteiger partial charge in [-0.1, -0.05) is 91.0 Å². The number of aromatic nitrogens is 2. The van der Waals surface area contributed by atoms with Gasteiger partial charge in [0, 0.05) is 12.7 Å². The maximum Gasteiger partial charge on any atom is 0.419 e. The monoisotopic (exact) mass is 679 g/mol. The smallest absolute Gasteiger partial charge is 0.419 e. The van der Waals surface area contributed by atoms with Gasteiger partial charge in [0.1, 0.15) is 22.2 Å². The van der Waals surface area contributed by atoms with Crippen LogP contribution in [0.4, 0.5) is 9.59 Å². The predicted octanol–water partition coefficient (Wildman–Crippen LogP) is 8.50. The third-order valence-corrected chi connectivity index (χ3v) is 8.91. The summed E-state index contributed by atoms with van der Waals surface area (Å²) in [5.41, 5.74) is 0.440. The highest BCUT2D eigenvalue weighted by molar-refractivity contribution is 5.88. The molecule has 5 rings (SSSR count). The molecule has 50 heavy (non-hydrogen) atoms. The summed E-state index contributed by atoms with van der Waals surface area (Å²) in [6.07, 6.45) is 3.79. The Balaban J connectivity index is 1.49. The van der Waals surface area contributed by atoms with Gasteiger partial charge in [-0.2, -0.15) is 0 Å². The summed E-state index contributed by atoms with van der Waals surface area (Å²) in [4.78, 5) is 45.9. The van der Waals surface area contributed by atoms with Gasteiger partial charge in [0.15, 0.2) is 0 Å². The number of nitrogens with zero attached hydrogens (tertiary/aromatic N) is 3. The van der Waals surface area contributed by atoms with Gasteiger partial charge in [-0.3, -0.25) is 4.79 Å². The predicted molar refractivity (Wildman–Crippen MR) is 192 cm³/mol. The molecule has 0 saturated heterocycles. The van der Waals surface area contributed by atoms with E-state index in [0.717, 1.165) is 21.6 Å². The van der Waals surface area contributed by atoms with E-state index in [0.29, 0.717) is 25.0 Å². The molecule has 0 radical (unpaired) electrons. The lowest BCUT2D eigenvalue weighted by atomic mass is 9.76. The Morgan fingerprint density at radius 3 is 1.66 bits per heavy atom. The molecule has 1 aliphatic carbocycles. The maximum absolute atomic E-state index is 13.8. The van der Waals surface area contributed by atoms with Crippen molar-refractivity contribution in [3.05, 3.63) is 126 Å². The second-order valence-corrected chi connectivity index (χ2v) is 14.8. The fourth-order valence-electron chi connectivity index (χ4n) is 6.72. The van der Waals surface area contributed by atoms with Crippen LogP contribution in [0.15, 0.2) is 104 Å². The highest BCUT2D eigenvalue weighted by Crippen LogP contribution is 2.57. The molecule has 9 heteroatoms. The van der Waals surface area contributed by atoms with Crippen LogP contribution in [0.3, 0.4) is 0 Å². The lowest BCUT2D eigenvalue weighted by Gasteiger charge is -2.37. The van der Waals surface area contributed by atoms with Crippen LogP contribution in [0, 0.1) is 5.92 Å². The first kappa shape index (κ1) is 36.4. The molecule has 1 aliphatic rings. The van der Waals surface area contributed by atoms with Crippen molar-refractivity contribution < 1.29 is 28.6 Å². The molecule has 9 nitrogen and oxygen atoms in total. The second-order valence-electron chi connectivity index (χ2n) is 14.8. The number of carbonyl (C=O) groups is 3. The van der Waals surface area contributed by atoms with Crippen LogP contribution in [0.2, 0.25) is 0 Å². The highest BCUT2D eigenvalue weighted by atomic mass is 16.6. The molecule has 1 fully saturated rings. The number of rotatable bonds is 11. The molecule has 3 aromatic carbocycles. The Morgan fingerprint density at radius 1 is 0.780 bits per heavy atom. The van der Waals surface area contributed by atoms with Crippen molar-refractivity contribution in [3.8, 4) is 0 Å². The Morgan fingerprint density at radius 2 is 1.24 bits per heavy atom. The summed E-state index contributed by atoms with van der Waals surface area (Å²) >= 11 is 0. The average Bonchev–Trinajstić information content (AvgIpc) is 3.59. The molecule has 0 aliphatic heterocycles. The lowest BCUT2D eigenvalue weighted by Crippen LogP contribution is -2.44. The molecule has 264 valence electrons. The zero-order valence-electron chi connectivity index (χ0n) is 30.2. The van der Waals surface area contributed by atoms with Crippen molar-refractivity contribution >= 4 is 18.2 Å². The maximum atomic E-state index is 13.8. The van der Waals surface area contributed by atoms with Crippen molar-refractivity contribution in [1.82, 2.24) is 14.5 Å². The molecular weight excluding hydrogens is 630 g/mol. The molecular formula is C41H49N3O6. The first-order valence-electron chi connectivity index (χ1n) is 17.3. The minimum absolute atomic E-state index is 0.0762. The van der Waals surface area contributed by atoms with Gasteiger partial charge in [-0.05, 0) is 90.3 Å². The number of imide groups is 1. The number of hydrogen-bond donors (Lipinski definition) is 0. The molecule has 0 N–H and O–H groups in total. The van der Waals surface area contributed by atoms with Gasteiger partial charge >= 0.3 is 18.2 Å². The average molecular weight is 680 g/mol. The molecule has 2 amide bonds. The minimum Gasteiger partial charge on any atom is -0.465 e. The van der Waals surface area contributed by atoms with E-state index in [2.05, 4.69) is 41.0 Å². The molecule has 1 saturated carbocycles. The number of imidazole rings is 1. The van der Waals surface area contributed by atoms with E-state index in [1.165, 1.54) is 0 Å². The SMILES string of the molecule is CCOC(=O)C1(c2cn(C(c3ccccc3)(c3ccccc3)c3ccccc3)cn2)CC1CCCN(C(=O)OC(C)(C)C)C(=O)OC(C)(C)C. The van der Waals surface area contributed by atoms with Crippen molar-refractivity contribution in [2.45, 2.75) is 89.9 Å². The second kappa shape index (κ2) is 14.5. The van der Waals surface area contributed by atoms with E-state index < -0.39 is 34.3 Å². The van der Waals surface area contributed by atoms with Crippen molar-refractivity contribution in [3.63, 3.8) is 0 Å². The molecule has 1 heterocycles. The lowest BCUT2D eigenvalue weighted by molar-refractivity contribution is -0.146. The Hall–Kier alpha value is -4.92. The molecule has 0 spiro atoms. The van der Waals surface area contributed by atoms with E-state index in [1.54, 1.807) is 48.5 Å². The van der Waals surface area contributed by atoms with Crippen LogP contribution in [0.5, 0.6) is 0 Å². The summed E-state index contributed by atoms with van der Waals surface area (Å²) in [5.74, 6) is -0.431. The number of benzene rings is 3. The van der Waals surface area contributed by atoms with Crippen LogP contribution in [-0.2, 0) is 30.0 Å². The minimum atomic E-state index is -0.959. The number of amides is 2. The van der Waals surface area contributed by atoms with E-state index in [9.17, 15) is 14.4 Å². The van der Waals surface area contributed by atoms with Gasteiger partial charge in [0.05, 0.1) is 18.6 Å². The fraction of sp³-hybridized carbons (Fsp3) is 0.415. The third kappa shape index (κ3) is 7.62. The van der Waals surface area contributed by atoms with E-state index in [1.807, 2.05) is 67.1 Å². The van der Waals surface area contributed by atoms with Gasteiger partial charge in [-0.15, -0.1) is 0 Å². The van der Waals surface area contributed by atoms with Crippen molar-refractivity contribution in [2.24, 2.45) is 5.92 Å². The summed E-state index contributed by atoms with van der Waals surface area (Å²) < 4.78 is 18.8. The summed E-state index contributed by atoms with van der Waals surface area (Å²) in [7, 11) is 0. The number of ether oxygens (including phenoxy) is 3. The first-order valence-corrected chi connectivity index (χ1v) is 17.3. The highest BCUT2D eigenvalue weighted by Gasteiger charge is 2.63. The first-order chi connectivity index (χ1) is 23.7. The fourth-order valence-corrected chi connectivity index (χ4v) is 6.72. The molecule has 2 atom stereocenters. The normalized spacial score (nSPS) is 17.5. The zero-order valence-corrected chi connectivity index (χ0v) is 30.2. The van der Waals surface area contributed by atoms with Gasteiger partial charge < -0.3 is 18.8 Å². The molecule has 4 aromatic rings. The van der Waals surface area contributed by atoms with Gasteiger partial charge in [0.2, 0.25) is 0 Å². The zero-order chi connectivity index (χ0) is 36.2. The number of hydrogen-bond acceptors (Lipinski definition) is 7. The quantitative estimate of drug-likeness (QED) is 0.0890.